The highest BCUT2D eigenvalue weighted by Gasteiger charge is 2.25. The van der Waals surface area contributed by atoms with Crippen LogP contribution in [0.15, 0.2) is 53.7 Å². The SMILES string of the molecule is CC(C)(CC(=O)N=O)c1ccc(Oc2nc3nc(NCc4c(F)cccc4F)c(Cl)cc3[nH]2)cc1. The molecule has 1 amide bonds. The fourth-order valence-electron chi connectivity index (χ4n) is 3.54. The van der Waals surface area contributed by atoms with Gasteiger partial charge in [-0.25, -0.2) is 13.8 Å². The van der Waals surface area contributed by atoms with Crippen LogP contribution in [0.25, 0.3) is 11.2 Å². The van der Waals surface area contributed by atoms with Gasteiger partial charge in [0.25, 0.3) is 5.91 Å². The molecule has 35 heavy (non-hydrogen) atoms. The average molecular weight is 500 g/mol. The molecular weight excluding hydrogens is 480 g/mol. The van der Waals surface area contributed by atoms with Crippen LogP contribution in [0.2, 0.25) is 5.02 Å². The van der Waals surface area contributed by atoms with E-state index in [0.29, 0.717) is 16.9 Å². The Morgan fingerprint density at radius 1 is 1.14 bits per heavy atom. The quantitative estimate of drug-likeness (QED) is 0.277. The number of carbonyl (C=O) groups excluding carboxylic acids is 1. The number of aromatic nitrogens is 3. The highest BCUT2D eigenvalue weighted by atomic mass is 35.5. The van der Waals surface area contributed by atoms with Gasteiger partial charge in [0.2, 0.25) is 0 Å². The number of nitroso groups, excluding NO2 is 1. The molecule has 180 valence electrons. The Morgan fingerprint density at radius 3 is 2.49 bits per heavy atom. The molecule has 0 atom stereocenters. The largest absolute Gasteiger partial charge is 0.426 e. The number of anilines is 1. The van der Waals surface area contributed by atoms with Gasteiger partial charge in [-0.05, 0) is 41.3 Å². The summed E-state index contributed by atoms with van der Waals surface area (Å²) in [5.41, 5.74) is 0.930. The number of nitrogens with zero attached hydrogens (tertiary/aromatic N) is 3. The lowest BCUT2D eigenvalue weighted by atomic mass is 9.81. The van der Waals surface area contributed by atoms with Crippen LogP contribution in [0.3, 0.4) is 0 Å². The highest BCUT2D eigenvalue weighted by Crippen LogP contribution is 2.31. The van der Waals surface area contributed by atoms with E-state index in [4.69, 9.17) is 16.3 Å². The Bertz CT molecular complexity index is 1390. The fourth-order valence-corrected chi connectivity index (χ4v) is 3.76. The van der Waals surface area contributed by atoms with Gasteiger partial charge in [-0.1, -0.05) is 43.6 Å². The van der Waals surface area contributed by atoms with Crippen LogP contribution in [-0.2, 0) is 16.8 Å². The van der Waals surface area contributed by atoms with E-state index in [1.165, 1.54) is 18.2 Å². The third-order valence-electron chi connectivity index (χ3n) is 5.44. The highest BCUT2D eigenvalue weighted by molar-refractivity contribution is 6.33. The lowest BCUT2D eigenvalue weighted by Crippen LogP contribution is -2.20. The number of rotatable bonds is 8. The van der Waals surface area contributed by atoms with Crippen LogP contribution in [-0.4, -0.2) is 20.9 Å². The van der Waals surface area contributed by atoms with Crippen molar-refractivity contribution in [2.45, 2.75) is 32.2 Å². The van der Waals surface area contributed by atoms with Crippen LogP contribution < -0.4 is 10.1 Å². The number of pyridine rings is 1. The van der Waals surface area contributed by atoms with E-state index in [0.717, 1.165) is 5.56 Å². The first kappa shape index (κ1) is 24.2. The number of imidazole rings is 1. The fraction of sp³-hybridized carbons (Fsp3) is 0.208. The molecule has 4 rings (SSSR count). The topological polar surface area (TPSA) is 109 Å². The zero-order valence-electron chi connectivity index (χ0n) is 18.7. The molecule has 0 bridgehead atoms. The predicted octanol–water partition coefficient (Wildman–Crippen LogP) is 6.25. The average Bonchev–Trinajstić information content (AvgIpc) is 3.19. The summed E-state index contributed by atoms with van der Waals surface area (Å²) in [6.45, 7) is 3.53. The van der Waals surface area contributed by atoms with E-state index in [1.54, 1.807) is 30.3 Å². The standard InChI is InChI=1S/C24H20ClF2N5O3/c1-24(2,11-20(33)32-34)13-6-8-14(9-7-13)35-23-29-19-10-16(25)21(30-22(19)31-23)28-12-15-17(26)4-3-5-18(15)27/h3-10H,11-12H2,1-2H3,(H2,28,29,30,31). The molecule has 0 aliphatic heterocycles. The minimum absolute atomic E-state index is 0.00731. The van der Waals surface area contributed by atoms with Gasteiger partial charge in [0.05, 0.1) is 10.5 Å². The van der Waals surface area contributed by atoms with Gasteiger partial charge in [-0.2, -0.15) is 4.98 Å². The van der Waals surface area contributed by atoms with Gasteiger partial charge in [0, 0.05) is 23.7 Å². The maximum absolute atomic E-state index is 13.9. The van der Waals surface area contributed by atoms with E-state index in [1.807, 2.05) is 13.8 Å². The second-order valence-corrected chi connectivity index (χ2v) is 8.87. The minimum atomic E-state index is -0.711. The van der Waals surface area contributed by atoms with Crippen molar-refractivity contribution in [2.75, 3.05) is 5.32 Å². The van der Waals surface area contributed by atoms with Crippen LogP contribution >= 0.6 is 11.6 Å². The lowest BCUT2D eigenvalue weighted by Gasteiger charge is -2.23. The number of H-pyrrole nitrogens is 1. The number of fused-ring (bicyclic) bond motifs is 1. The zero-order valence-corrected chi connectivity index (χ0v) is 19.5. The summed E-state index contributed by atoms with van der Waals surface area (Å²) in [6, 6.07) is 12.4. The molecular formula is C24H20ClF2N5O3. The van der Waals surface area contributed by atoms with Crippen LogP contribution in [0.1, 0.15) is 31.4 Å². The molecule has 0 saturated carbocycles. The lowest BCUT2D eigenvalue weighted by molar-refractivity contribution is -0.118. The van der Waals surface area contributed by atoms with Gasteiger partial charge in [-0.3, -0.25) is 4.79 Å². The van der Waals surface area contributed by atoms with Crippen molar-refractivity contribution in [1.29, 1.82) is 0 Å². The molecule has 0 spiro atoms. The Hall–Kier alpha value is -3.92. The molecule has 0 aliphatic rings. The molecule has 4 aromatic rings. The van der Waals surface area contributed by atoms with E-state index in [-0.39, 0.29) is 35.4 Å². The number of hydrogen-bond acceptors (Lipinski definition) is 6. The summed E-state index contributed by atoms with van der Waals surface area (Å²) >= 11 is 6.27. The van der Waals surface area contributed by atoms with Crippen molar-refractivity contribution in [1.82, 2.24) is 15.0 Å². The molecule has 0 unspecified atom stereocenters. The molecule has 11 heteroatoms. The summed E-state index contributed by atoms with van der Waals surface area (Å²) in [5.74, 6) is -1.37. The monoisotopic (exact) mass is 499 g/mol. The van der Waals surface area contributed by atoms with Crippen LogP contribution in [0.5, 0.6) is 11.8 Å². The Morgan fingerprint density at radius 2 is 1.83 bits per heavy atom. The molecule has 2 aromatic carbocycles. The van der Waals surface area contributed by atoms with Crippen molar-refractivity contribution < 1.29 is 18.3 Å². The maximum atomic E-state index is 13.9. The zero-order chi connectivity index (χ0) is 25.2. The van der Waals surface area contributed by atoms with Gasteiger partial charge in [-0.15, -0.1) is 4.91 Å². The van der Waals surface area contributed by atoms with Crippen molar-refractivity contribution in [3.8, 4) is 11.8 Å². The Balaban J connectivity index is 1.49. The minimum Gasteiger partial charge on any atom is -0.426 e. The summed E-state index contributed by atoms with van der Waals surface area (Å²) in [7, 11) is 0. The van der Waals surface area contributed by atoms with Crippen molar-refractivity contribution in [3.63, 3.8) is 0 Å². The van der Waals surface area contributed by atoms with Crippen molar-refractivity contribution in [3.05, 3.63) is 81.2 Å². The van der Waals surface area contributed by atoms with E-state index >= 15 is 0 Å². The number of amides is 1. The summed E-state index contributed by atoms with van der Waals surface area (Å²) < 4.78 is 33.5. The van der Waals surface area contributed by atoms with Crippen LogP contribution in [0, 0.1) is 16.5 Å². The molecule has 2 N–H and O–H groups in total. The first-order valence-electron chi connectivity index (χ1n) is 10.5. The van der Waals surface area contributed by atoms with Gasteiger partial charge in [0.1, 0.15) is 23.2 Å². The molecule has 8 nitrogen and oxygen atoms in total. The normalized spacial score (nSPS) is 11.5. The third-order valence-corrected chi connectivity index (χ3v) is 5.73. The number of halogens is 3. The van der Waals surface area contributed by atoms with E-state index in [9.17, 15) is 18.5 Å². The molecule has 0 radical (unpaired) electrons. The van der Waals surface area contributed by atoms with Gasteiger partial charge < -0.3 is 15.0 Å². The van der Waals surface area contributed by atoms with Crippen molar-refractivity contribution >= 4 is 34.5 Å². The van der Waals surface area contributed by atoms with E-state index < -0.39 is 23.0 Å². The number of hydrogen-bond donors (Lipinski definition) is 2. The molecule has 2 heterocycles. The molecule has 0 fully saturated rings. The number of aromatic amines is 1. The van der Waals surface area contributed by atoms with Crippen LogP contribution in [0.4, 0.5) is 14.6 Å². The summed E-state index contributed by atoms with van der Waals surface area (Å²) in [5, 5.41) is 5.52. The van der Waals surface area contributed by atoms with Gasteiger partial charge in [0.15, 0.2) is 5.65 Å². The molecule has 0 aliphatic carbocycles. The Labute approximate surface area is 203 Å². The maximum Gasteiger partial charge on any atom is 0.301 e. The number of benzene rings is 2. The Kier molecular flexibility index (Phi) is 6.74. The molecule has 2 aromatic heterocycles. The smallest absolute Gasteiger partial charge is 0.301 e. The first-order chi connectivity index (χ1) is 16.7. The van der Waals surface area contributed by atoms with Gasteiger partial charge >= 0.3 is 6.01 Å². The van der Waals surface area contributed by atoms with Crippen molar-refractivity contribution in [2.24, 2.45) is 5.18 Å². The second kappa shape index (κ2) is 9.75. The second-order valence-electron chi connectivity index (χ2n) is 8.46. The van der Waals surface area contributed by atoms with E-state index in [2.05, 4.69) is 25.4 Å². The molecule has 0 saturated heterocycles. The number of carbonyl (C=O) groups is 1. The first-order valence-corrected chi connectivity index (χ1v) is 10.9. The predicted molar refractivity (Wildman–Crippen MR) is 128 cm³/mol. The number of ether oxygens (including phenoxy) is 1. The third kappa shape index (κ3) is 5.43. The summed E-state index contributed by atoms with van der Waals surface area (Å²) in [4.78, 5) is 33.4. The number of nitrogens with one attached hydrogen (secondary N) is 2. The summed E-state index contributed by atoms with van der Waals surface area (Å²) in [6.07, 6.45) is -0.00731.